The van der Waals surface area contributed by atoms with E-state index in [1.807, 2.05) is 0 Å². The molecule has 78 valence electrons. The van der Waals surface area contributed by atoms with Gasteiger partial charge in [-0.25, -0.2) is 0 Å². The normalized spacial score (nSPS) is 17.9. The van der Waals surface area contributed by atoms with Gasteiger partial charge in [-0.3, -0.25) is 0 Å². The van der Waals surface area contributed by atoms with Crippen LogP contribution in [0.2, 0.25) is 0 Å². The lowest BCUT2D eigenvalue weighted by Gasteiger charge is -2.30. The number of hydrogen-bond acceptors (Lipinski definition) is 1. The highest BCUT2D eigenvalue weighted by Crippen LogP contribution is 2.26. The van der Waals surface area contributed by atoms with Crippen molar-refractivity contribution in [1.29, 1.82) is 0 Å². The fourth-order valence-electron chi connectivity index (χ4n) is 2.29. The van der Waals surface area contributed by atoms with Gasteiger partial charge in [-0.15, -0.1) is 0 Å². The summed E-state index contributed by atoms with van der Waals surface area (Å²) in [5, 5.41) is 3.38. The average molecular weight is 183 g/mol. The summed E-state index contributed by atoms with van der Waals surface area (Å²) >= 11 is 0. The zero-order chi connectivity index (χ0) is 10.4. The summed E-state index contributed by atoms with van der Waals surface area (Å²) in [7, 11) is 2.05. The van der Waals surface area contributed by atoms with Crippen LogP contribution >= 0.6 is 0 Å². The number of allylic oxidation sites excluding steroid dienone is 1. The van der Waals surface area contributed by atoms with Crippen LogP contribution in [0.5, 0.6) is 0 Å². The highest BCUT2D eigenvalue weighted by atomic mass is 14.9. The minimum atomic E-state index is 0.627. The fraction of sp³-hybridized carbons (Fsp3) is 0.833. The monoisotopic (exact) mass is 183 g/mol. The molecule has 3 atom stereocenters. The summed E-state index contributed by atoms with van der Waals surface area (Å²) in [4.78, 5) is 0. The molecular formula is C12H25N. The van der Waals surface area contributed by atoms with E-state index in [-0.39, 0.29) is 0 Å². The molecule has 0 aromatic rings. The van der Waals surface area contributed by atoms with Gasteiger partial charge in [0, 0.05) is 6.04 Å². The third kappa shape index (κ3) is 3.51. The Labute approximate surface area is 83.6 Å². The number of nitrogens with one attached hydrogen (secondary N) is 1. The highest BCUT2D eigenvalue weighted by molar-refractivity contribution is 4.99. The topological polar surface area (TPSA) is 12.0 Å². The van der Waals surface area contributed by atoms with Crippen molar-refractivity contribution in [2.24, 2.45) is 11.8 Å². The van der Waals surface area contributed by atoms with Crippen LogP contribution in [0.25, 0.3) is 0 Å². The molecule has 0 rings (SSSR count). The summed E-state index contributed by atoms with van der Waals surface area (Å²) < 4.78 is 0. The molecule has 0 aliphatic heterocycles. The third-order valence-electron chi connectivity index (χ3n) is 3.15. The van der Waals surface area contributed by atoms with E-state index in [4.69, 9.17) is 0 Å². The predicted molar refractivity (Wildman–Crippen MR) is 60.9 cm³/mol. The van der Waals surface area contributed by atoms with Crippen molar-refractivity contribution in [3.8, 4) is 0 Å². The first-order chi connectivity index (χ1) is 6.08. The van der Waals surface area contributed by atoms with Gasteiger partial charge in [0.2, 0.25) is 0 Å². The van der Waals surface area contributed by atoms with Crippen molar-refractivity contribution in [2.45, 2.75) is 46.6 Å². The molecular weight excluding hydrogens is 158 g/mol. The van der Waals surface area contributed by atoms with Gasteiger partial charge in [0.15, 0.2) is 0 Å². The largest absolute Gasteiger partial charge is 0.317 e. The van der Waals surface area contributed by atoms with E-state index in [1.54, 1.807) is 0 Å². The van der Waals surface area contributed by atoms with E-state index in [2.05, 4.69) is 46.6 Å². The molecule has 0 aromatic heterocycles. The minimum Gasteiger partial charge on any atom is -0.317 e. The van der Waals surface area contributed by atoms with Gasteiger partial charge in [-0.1, -0.05) is 32.9 Å². The first-order valence-corrected chi connectivity index (χ1v) is 5.41. The van der Waals surface area contributed by atoms with Crippen LogP contribution in [-0.4, -0.2) is 13.1 Å². The Hall–Kier alpha value is -0.300. The molecule has 0 bridgehead atoms. The standard InChI is InChI=1S/C12H25N/c1-7-11(9(3)4)10(5)12(8-2)13-6/h10-13H,3,7-8H2,1-2,4-6H3. The van der Waals surface area contributed by atoms with E-state index < -0.39 is 0 Å². The summed E-state index contributed by atoms with van der Waals surface area (Å²) in [5.41, 5.74) is 1.32. The lowest BCUT2D eigenvalue weighted by molar-refractivity contribution is 0.296. The summed E-state index contributed by atoms with van der Waals surface area (Å²) in [6, 6.07) is 0.627. The maximum atomic E-state index is 4.07. The van der Waals surface area contributed by atoms with Gasteiger partial charge in [0.05, 0.1) is 0 Å². The van der Waals surface area contributed by atoms with E-state index in [0.717, 1.165) is 0 Å². The first kappa shape index (κ1) is 12.7. The Kier molecular flexibility index (Phi) is 6.06. The second kappa shape index (κ2) is 6.20. The fourth-order valence-corrected chi connectivity index (χ4v) is 2.29. The maximum absolute atomic E-state index is 4.07. The molecule has 0 fully saturated rings. The van der Waals surface area contributed by atoms with Crippen molar-refractivity contribution in [2.75, 3.05) is 7.05 Å². The Balaban J connectivity index is 4.33. The Morgan fingerprint density at radius 1 is 1.31 bits per heavy atom. The maximum Gasteiger partial charge on any atom is 0.00927 e. The zero-order valence-electron chi connectivity index (χ0n) is 9.85. The molecule has 0 spiro atoms. The molecule has 0 amide bonds. The van der Waals surface area contributed by atoms with Gasteiger partial charge in [-0.05, 0) is 38.6 Å². The molecule has 0 aliphatic carbocycles. The predicted octanol–water partition coefficient (Wildman–Crippen LogP) is 3.22. The second-order valence-electron chi connectivity index (χ2n) is 4.02. The zero-order valence-corrected chi connectivity index (χ0v) is 9.85. The molecule has 0 aliphatic rings. The summed E-state index contributed by atoms with van der Waals surface area (Å²) in [6.07, 6.45) is 2.40. The van der Waals surface area contributed by atoms with Crippen LogP contribution < -0.4 is 5.32 Å². The molecule has 1 nitrogen and oxygen atoms in total. The molecule has 0 heterocycles. The van der Waals surface area contributed by atoms with E-state index in [9.17, 15) is 0 Å². The summed E-state index contributed by atoms with van der Waals surface area (Å²) in [6.45, 7) is 13.0. The van der Waals surface area contributed by atoms with Gasteiger partial charge in [0.25, 0.3) is 0 Å². The molecule has 1 heteroatoms. The average Bonchev–Trinajstić information content (AvgIpc) is 2.07. The van der Waals surface area contributed by atoms with Crippen LogP contribution in [0.1, 0.15) is 40.5 Å². The Morgan fingerprint density at radius 3 is 2.08 bits per heavy atom. The van der Waals surface area contributed by atoms with E-state index >= 15 is 0 Å². The molecule has 1 N–H and O–H groups in total. The molecule has 0 radical (unpaired) electrons. The van der Waals surface area contributed by atoms with E-state index in [1.165, 1.54) is 18.4 Å². The Morgan fingerprint density at radius 2 is 1.85 bits per heavy atom. The lowest BCUT2D eigenvalue weighted by atomic mass is 9.81. The van der Waals surface area contributed by atoms with Crippen molar-refractivity contribution in [3.63, 3.8) is 0 Å². The second-order valence-corrected chi connectivity index (χ2v) is 4.02. The molecule has 0 saturated heterocycles. The quantitative estimate of drug-likeness (QED) is 0.623. The van der Waals surface area contributed by atoms with Gasteiger partial charge in [-0.2, -0.15) is 0 Å². The van der Waals surface area contributed by atoms with Crippen LogP contribution in [-0.2, 0) is 0 Å². The Bertz CT molecular complexity index is 147. The van der Waals surface area contributed by atoms with Gasteiger partial charge < -0.3 is 5.32 Å². The molecule has 0 saturated carbocycles. The van der Waals surface area contributed by atoms with Crippen molar-refractivity contribution in [3.05, 3.63) is 12.2 Å². The van der Waals surface area contributed by atoms with Crippen molar-refractivity contribution >= 4 is 0 Å². The van der Waals surface area contributed by atoms with Crippen LogP contribution in [0.15, 0.2) is 12.2 Å². The molecule has 0 aromatic carbocycles. The van der Waals surface area contributed by atoms with Gasteiger partial charge >= 0.3 is 0 Å². The SMILES string of the molecule is C=C(C)C(CC)C(C)C(CC)NC. The van der Waals surface area contributed by atoms with Crippen molar-refractivity contribution in [1.82, 2.24) is 5.32 Å². The van der Waals surface area contributed by atoms with Crippen LogP contribution in [0, 0.1) is 11.8 Å². The number of hydrogen-bond donors (Lipinski definition) is 1. The van der Waals surface area contributed by atoms with Gasteiger partial charge in [0.1, 0.15) is 0 Å². The van der Waals surface area contributed by atoms with Crippen LogP contribution in [0.4, 0.5) is 0 Å². The lowest BCUT2D eigenvalue weighted by Crippen LogP contribution is -2.35. The number of rotatable bonds is 6. The molecule has 13 heavy (non-hydrogen) atoms. The highest BCUT2D eigenvalue weighted by Gasteiger charge is 2.22. The first-order valence-electron chi connectivity index (χ1n) is 5.41. The third-order valence-corrected chi connectivity index (χ3v) is 3.15. The van der Waals surface area contributed by atoms with E-state index in [0.29, 0.717) is 17.9 Å². The van der Waals surface area contributed by atoms with Crippen LogP contribution in [0.3, 0.4) is 0 Å². The summed E-state index contributed by atoms with van der Waals surface area (Å²) in [5.74, 6) is 1.36. The molecule has 3 unspecified atom stereocenters. The smallest absolute Gasteiger partial charge is 0.00927 e. The minimum absolute atomic E-state index is 0.627. The van der Waals surface area contributed by atoms with Crippen molar-refractivity contribution < 1.29 is 0 Å².